The Kier molecular flexibility index (Phi) is 8.59. The maximum atomic E-state index is 13.4. The van der Waals surface area contributed by atoms with Gasteiger partial charge in [0.2, 0.25) is 5.54 Å². The first kappa shape index (κ1) is 30.6. The smallest absolute Gasteiger partial charge is 0.281 e. The third-order valence-electron chi connectivity index (χ3n) is 7.74. The summed E-state index contributed by atoms with van der Waals surface area (Å²) in [6.45, 7) is 15.3. The van der Waals surface area contributed by atoms with E-state index in [9.17, 15) is 13.2 Å². The summed E-state index contributed by atoms with van der Waals surface area (Å²) in [4.78, 5) is 23.5. The Labute approximate surface area is 258 Å². The van der Waals surface area contributed by atoms with Gasteiger partial charge in [0.15, 0.2) is 10.6 Å². The zero-order chi connectivity index (χ0) is 30.8. The normalized spacial score (nSPS) is 17.2. The number of rotatable bonds is 10. The lowest BCUT2D eigenvalue weighted by Gasteiger charge is -2.32. The van der Waals surface area contributed by atoms with Crippen LogP contribution in [0, 0.1) is 12.5 Å². The first-order valence-corrected chi connectivity index (χ1v) is 16.2. The monoisotopic (exact) mass is 622 g/mol. The van der Waals surface area contributed by atoms with Crippen LogP contribution in [0.25, 0.3) is 16.0 Å². The summed E-state index contributed by atoms with van der Waals surface area (Å²) in [5.74, 6) is 1.17. The number of anilines is 1. The molecule has 0 radical (unpaired) electrons. The van der Waals surface area contributed by atoms with Gasteiger partial charge in [-0.25, -0.2) is 16.3 Å². The molecular formula is C32H35ClN4O5S. The van der Waals surface area contributed by atoms with Gasteiger partial charge in [-0.2, -0.15) is 8.42 Å². The Morgan fingerprint density at radius 2 is 1.81 bits per heavy atom. The number of halogens is 1. The van der Waals surface area contributed by atoms with Gasteiger partial charge >= 0.3 is 0 Å². The minimum atomic E-state index is -4.28. The van der Waals surface area contributed by atoms with Crippen LogP contribution in [0.15, 0.2) is 65.7 Å². The molecule has 1 aromatic heterocycles. The van der Waals surface area contributed by atoms with E-state index in [4.69, 9.17) is 27.6 Å². The largest absolute Gasteiger partial charge is 0.493 e. The third-order valence-corrected chi connectivity index (χ3v) is 9.21. The van der Waals surface area contributed by atoms with Crippen LogP contribution < -0.4 is 19.1 Å². The van der Waals surface area contributed by atoms with Gasteiger partial charge in [0.25, 0.3) is 15.9 Å². The van der Waals surface area contributed by atoms with Gasteiger partial charge in [-0.05, 0) is 53.9 Å². The van der Waals surface area contributed by atoms with E-state index < -0.39 is 27.1 Å². The number of amides is 1. The number of carbonyl (C=O) groups is 1. The van der Waals surface area contributed by atoms with Crippen molar-refractivity contribution in [1.29, 1.82) is 0 Å². The molecule has 0 bridgehead atoms. The van der Waals surface area contributed by atoms with Crippen LogP contribution >= 0.6 is 11.6 Å². The highest BCUT2D eigenvalue weighted by Crippen LogP contribution is 2.44. The molecule has 2 aliphatic rings. The van der Waals surface area contributed by atoms with Gasteiger partial charge in [-0.15, -0.1) is 0 Å². The predicted molar refractivity (Wildman–Crippen MR) is 166 cm³/mol. The van der Waals surface area contributed by atoms with E-state index in [0.717, 1.165) is 5.56 Å². The van der Waals surface area contributed by atoms with Crippen molar-refractivity contribution in [2.24, 2.45) is 5.92 Å². The first-order chi connectivity index (χ1) is 20.4. The molecule has 2 aromatic carbocycles. The Balaban J connectivity index is 1.32. The maximum absolute atomic E-state index is 13.4. The summed E-state index contributed by atoms with van der Waals surface area (Å²) in [5.41, 5.74) is -0.258. The van der Waals surface area contributed by atoms with Crippen molar-refractivity contribution in [2.75, 3.05) is 24.6 Å². The summed E-state index contributed by atoms with van der Waals surface area (Å²) in [6, 6.07) is 17.4. The van der Waals surface area contributed by atoms with Gasteiger partial charge in [0.05, 0.1) is 6.61 Å². The lowest BCUT2D eigenvalue weighted by Crippen LogP contribution is -2.44. The van der Waals surface area contributed by atoms with Crippen molar-refractivity contribution in [3.05, 3.63) is 77.1 Å². The number of hydrogen-bond acceptors (Lipinski definition) is 7. The molecule has 226 valence electrons. The van der Waals surface area contributed by atoms with E-state index >= 15 is 0 Å². The zero-order valence-corrected chi connectivity index (χ0v) is 26.0. The van der Waals surface area contributed by atoms with Crippen molar-refractivity contribution >= 4 is 33.3 Å². The van der Waals surface area contributed by atoms with Crippen LogP contribution in [-0.4, -0.2) is 50.1 Å². The predicted octanol–water partition coefficient (Wildman–Crippen LogP) is 6.13. The minimum absolute atomic E-state index is 0.255. The average molecular weight is 623 g/mol. The number of ether oxygens (including phenoxy) is 2. The SMILES string of the molecule is [C-]#[N+]C1(C)CCN(c2cccc(S(=O)(=O)NC(=O)C3(Oc4cc(Cl)ccc4-c4cccc(OCC(C)C)c4)CC3)n2)CC1. The van der Waals surface area contributed by atoms with Crippen molar-refractivity contribution in [3.8, 4) is 22.6 Å². The number of piperidine rings is 1. The van der Waals surface area contributed by atoms with Gasteiger partial charge in [-0.3, -0.25) is 4.79 Å². The molecule has 9 nitrogen and oxygen atoms in total. The second-order valence-electron chi connectivity index (χ2n) is 11.8. The molecule has 1 saturated heterocycles. The quantitative estimate of drug-likeness (QED) is 0.271. The number of aromatic nitrogens is 1. The van der Waals surface area contributed by atoms with Crippen molar-refractivity contribution in [3.63, 3.8) is 0 Å². The summed E-state index contributed by atoms with van der Waals surface area (Å²) in [7, 11) is -4.28. The number of hydrogen-bond donors (Lipinski definition) is 1. The molecule has 0 atom stereocenters. The number of benzene rings is 2. The lowest BCUT2D eigenvalue weighted by molar-refractivity contribution is -0.127. The molecule has 1 saturated carbocycles. The molecular weight excluding hydrogens is 588 g/mol. The summed E-state index contributed by atoms with van der Waals surface area (Å²) < 4.78 is 40.9. The minimum Gasteiger partial charge on any atom is -0.493 e. The summed E-state index contributed by atoms with van der Waals surface area (Å²) in [6.07, 6.45) is 2.01. The van der Waals surface area contributed by atoms with E-state index in [0.29, 0.717) is 79.2 Å². The van der Waals surface area contributed by atoms with Gasteiger partial charge in [-0.1, -0.05) is 43.6 Å². The van der Waals surface area contributed by atoms with Crippen LogP contribution in [0.4, 0.5) is 5.82 Å². The average Bonchev–Trinajstić information content (AvgIpc) is 3.77. The topological polar surface area (TPSA) is 102 Å². The molecule has 1 aliphatic carbocycles. The maximum Gasteiger partial charge on any atom is 0.281 e. The molecule has 1 amide bonds. The van der Waals surface area contributed by atoms with Gasteiger partial charge < -0.3 is 19.2 Å². The molecule has 3 aromatic rings. The van der Waals surface area contributed by atoms with E-state index in [-0.39, 0.29) is 5.03 Å². The third kappa shape index (κ3) is 7.06. The Morgan fingerprint density at radius 3 is 2.49 bits per heavy atom. The molecule has 11 heteroatoms. The Hall–Kier alpha value is -3.81. The second-order valence-corrected chi connectivity index (χ2v) is 13.9. The van der Waals surface area contributed by atoms with E-state index in [1.54, 1.807) is 30.3 Å². The fourth-order valence-corrected chi connectivity index (χ4v) is 6.03. The molecule has 5 rings (SSSR count). The number of sulfonamides is 1. The standard InChI is InChI=1S/C32H35ClN4O5S/c1-22(2)21-41-25-8-5-7-23(19-25)26-12-11-24(33)20-27(26)42-32(13-14-32)30(38)36-43(39,40)29-10-6-9-28(35-29)37-17-15-31(3,34-4)16-18-37/h5-12,19-20,22H,13-18,21H2,1-3H3,(H,36,38). The summed E-state index contributed by atoms with van der Waals surface area (Å²) in [5, 5.41) is 0.166. The fraction of sp³-hybridized carbons (Fsp3) is 0.406. The number of pyridine rings is 1. The Bertz CT molecular complexity index is 1660. The number of nitrogens with zero attached hydrogens (tertiary/aromatic N) is 3. The molecule has 1 N–H and O–H groups in total. The molecule has 43 heavy (non-hydrogen) atoms. The van der Waals surface area contributed by atoms with E-state index in [1.165, 1.54) is 6.07 Å². The van der Waals surface area contributed by atoms with Crippen LogP contribution in [0.1, 0.15) is 46.5 Å². The van der Waals surface area contributed by atoms with Crippen molar-refractivity contribution in [2.45, 2.75) is 62.6 Å². The summed E-state index contributed by atoms with van der Waals surface area (Å²) >= 11 is 6.31. The first-order valence-electron chi connectivity index (χ1n) is 14.3. The molecule has 0 unspecified atom stereocenters. The fourth-order valence-electron chi connectivity index (χ4n) is 4.86. The zero-order valence-electron chi connectivity index (χ0n) is 24.5. The van der Waals surface area contributed by atoms with Crippen LogP contribution in [0.3, 0.4) is 0 Å². The number of carbonyl (C=O) groups excluding carboxylic acids is 1. The highest BCUT2D eigenvalue weighted by atomic mass is 35.5. The number of nitrogens with one attached hydrogen (secondary N) is 1. The van der Waals surface area contributed by atoms with Gasteiger partial charge in [0, 0.05) is 56.3 Å². The second kappa shape index (κ2) is 12.1. The Morgan fingerprint density at radius 1 is 1.09 bits per heavy atom. The lowest BCUT2D eigenvalue weighted by atomic mass is 9.91. The molecule has 2 heterocycles. The van der Waals surface area contributed by atoms with Gasteiger partial charge in [0.1, 0.15) is 17.3 Å². The van der Waals surface area contributed by atoms with Crippen LogP contribution in [-0.2, 0) is 14.8 Å². The van der Waals surface area contributed by atoms with Crippen molar-refractivity contribution < 1.29 is 22.7 Å². The van der Waals surface area contributed by atoms with Crippen molar-refractivity contribution in [1.82, 2.24) is 9.71 Å². The van der Waals surface area contributed by atoms with Crippen LogP contribution in [0.2, 0.25) is 5.02 Å². The van der Waals surface area contributed by atoms with E-state index in [2.05, 4.69) is 28.4 Å². The molecule has 0 spiro atoms. The molecule has 1 aliphatic heterocycles. The highest BCUT2D eigenvalue weighted by molar-refractivity contribution is 7.90. The van der Waals surface area contributed by atoms with Crippen LogP contribution in [0.5, 0.6) is 11.5 Å². The van der Waals surface area contributed by atoms with E-state index in [1.807, 2.05) is 36.1 Å². The highest BCUT2D eigenvalue weighted by Gasteiger charge is 2.54. The molecule has 2 fully saturated rings.